The van der Waals surface area contributed by atoms with E-state index in [-0.39, 0.29) is 20.1 Å². The van der Waals surface area contributed by atoms with E-state index in [9.17, 15) is 0 Å². The van der Waals surface area contributed by atoms with Crippen molar-refractivity contribution in [1.29, 1.82) is 0 Å². The zero-order valence-electron chi connectivity index (χ0n) is 27.0. The summed E-state index contributed by atoms with van der Waals surface area (Å²) in [6, 6.07) is 33.7. The molecule has 6 aromatic rings. The van der Waals surface area contributed by atoms with Gasteiger partial charge < -0.3 is 14.4 Å². The molecule has 0 unspecified atom stereocenters. The summed E-state index contributed by atoms with van der Waals surface area (Å²) < 4.78 is 6.37. The van der Waals surface area contributed by atoms with Gasteiger partial charge in [0.05, 0.1) is 13.7 Å². The average Bonchev–Trinajstić information content (AvgIpc) is 3.45. The Hall–Kier alpha value is -3.37. The van der Waals surface area contributed by atoms with Crippen molar-refractivity contribution in [2.24, 2.45) is 0 Å². The van der Waals surface area contributed by atoms with Crippen LogP contribution in [0.1, 0.15) is 68.9 Å². The summed E-state index contributed by atoms with van der Waals surface area (Å²) in [5, 5.41) is 3.91. The monoisotopic (exact) mass is 787 g/mol. The summed E-state index contributed by atoms with van der Waals surface area (Å²) >= 11 is 0. The Morgan fingerprint density at radius 1 is 0.778 bits per heavy atom. The van der Waals surface area contributed by atoms with Gasteiger partial charge in [0, 0.05) is 37.9 Å². The van der Waals surface area contributed by atoms with Crippen molar-refractivity contribution in [3.05, 3.63) is 115 Å². The molecule has 0 aliphatic heterocycles. The van der Waals surface area contributed by atoms with Crippen LogP contribution >= 0.6 is 0 Å². The van der Waals surface area contributed by atoms with E-state index in [2.05, 4.69) is 105 Å². The first-order valence-electron chi connectivity index (χ1n) is 16.1. The van der Waals surface area contributed by atoms with Gasteiger partial charge in [-0.15, -0.1) is 54.1 Å². The predicted molar refractivity (Wildman–Crippen MR) is 187 cm³/mol. The second-order valence-electron chi connectivity index (χ2n) is 13.3. The van der Waals surface area contributed by atoms with Crippen LogP contribution in [0, 0.1) is 12.1 Å². The molecule has 1 fully saturated rings. The van der Waals surface area contributed by atoms with Crippen molar-refractivity contribution in [2.75, 3.05) is 0 Å². The fraction of sp³-hybridized carbons (Fsp3) is 0.300. The third kappa shape index (κ3) is 7.38. The van der Waals surface area contributed by atoms with E-state index in [1.807, 2.05) is 36.5 Å². The van der Waals surface area contributed by atoms with E-state index in [1.165, 1.54) is 59.2 Å². The molecule has 1 radical (unpaired) electrons. The number of aromatic nitrogens is 2. The molecule has 0 saturated heterocycles. The Morgan fingerprint density at radius 3 is 2.20 bits per heavy atom. The minimum absolute atomic E-state index is 0. The average molecular weight is 787 g/mol. The quantitative estimate of drug-likeness (QED) is 0.129. The van der Waals surface area contributed by atoms with Gasteiger partial charge in [-0.25, -0.2) is 0 Å². The van der Waals surface area contributed by atoms with Crippen LogP contribution in [0.5, 0.6) is 0 Å². The Balaban J connectivity index is 0.000000212. The van der Waals surface area contributed by atoms with Crippen LogP contribution in [-0.4, -0.2) is 18.0 Å². The molecule has 3 nitrogen and oxygen atoms in total. The summed E-state index contributed by atoms with van der Waals surface area (Å²) in [7, 11) is -1.49. The van der Waals surface area contributed by atoms with Gasteiger partial charge >= 0.3 is 0 Å². The molecule has 0 amide bonds. The van der Waals surface area contributed by atoms with E-state index in [0.29, 0.717) is 11.8 Å². The maximum atomic E-state index is 6.37. The molecule has 233 valence electrons. The number of fused-ring (bicyclic) bond motifs is 3. The Kier molecular flexibility index (Phi) is 10.5. The molecule has 45 heavy (non-hydrogen) atoms. The number of rotatable bonds is 5. The Labute approximate surface area is 282 Å². The van der Waals surface area contributed by atoms with Gasteiger partial charge in [0.1, 0.15) is 5.58 Å². The van der Waals surface area contributed by atoms with E-state index in [0.717, 1.165) is 33.7 Å². The van der Waals surface area contributed by atoms with Crippen LogP contribution in [-0.2, 0) is 20.1 Å². The van der Waals surface area contributed by atoms with Crippen LogP contribution in [0.25, 0.3) is 44.5 Å². The Bertz CT molecular complexity index is 1830. The zero-order valence-corrected chi connectivity index (χ0v) is 30.4. The van der Waals surface area contributed by atoms with Crippen molar-refractivity contribution >= 4 is 35.2 Å². The fourth-order valence-corrected chi connectivity index (χ4v) is 7.90. The molecule has 3 heterocycles. The molecular weight excluding hydrogens is 745 g/mol. The number of furan rings is 1. The van der Waals surface area contributed by atoms with Crippen LogP contribution in [0.3, 0.4) is 0 Å². The third-order valence-electron chi connectivity index (χ3n) is 8.82. The molecule has 1 aliphatic carbocycles. The van der Waals surface area contributed by atoms with Crippen LogP contribution in [0.4, 0.5) is 0 Å². The fourth-order valence-electron chi connectivity index (χ4n) is 6.30. The first-order chi connectivity index (χ1) is 21.3. The van der Waals surface area contributed by atoms with Crippen LogP contribution in [0.2, 0.25) is 19.6 Å². The number of nitrogens with zero attached hydrogens (tertiary/aromatic N) is 2. The van der Waals surface area contributed by atoms with E-state index in [4.69, 9.17) is 9.40 Å². The molecule has 3 aromatic heterocycles. The molecule has 1 saturated carbocycles. The second kappa shape index (κ2) is 14.4. The molecule has 0 bridgehead atoms. The SMILES string of the molecule is CC(C)c1ccc(-c2[c-]cccc2)nc1.C[Si](C)(C)c1cccc2oc3c(-c4ccc(C5CCCCC5)cn4)[c-]ccc3c12.[Ir]. The van der Waals surface area contributed by atoms with E-state index in [1.54, 1.807) is 0 Å². The van der Waals surface area contributed by atoms with Gasteiger partial charge in [-0.1, -0.05) is 105 Å². The zero-order chi connectivity index (χ0) is 30.7. The smallest absolute Gasteiger partial charge is 0.120 e. The van der Waals surface area contributed by atoms with Crippen LogP contribution < -0.4 is 5.19 Å². The van der Waals surface area contributed by atoms with Gasteiger partial charge in [-0.2, -0.15) is 0 Å². The molecule has 5 heteroatoms. The van der Waals surface area contributed by atoms with Crippen molar-refractivity contribution < 1.29 is 24.5 Å². The van der Waals surface area contributed by atoms with Crippen LogP contribution in [0.15, 0.2) is 95.7 Å². The first-order valence-corrected chi connectivity index (χ1v) is 19.6. The second-order valence-corrected chi connectivity index (χ2v) is 18.4. The van der Waals surface area contributed by atoms with Gasteiger partial charge in [-0.05, 0) is 53.3 Å². The molecular formula is C40H42IrN2OSi-2. The summed E-state index contributed by atoms with van der Waals surface area (Å²) in [4.78, 5) is 9.27. The topological polar surface area (TPSA) is 38.9 Å². The molecule has 7 rings (SSSR count). The molecule has 0 N–H and O–H groups in total. The normalized spacial score (nSPS) is 13.8. The molecule has 1 aliphatic rings. The number of benzene rings is 3. The number of hydrogen-bond acceptors (Lipinski definition) is 3. The van der Waals surface area contributed by atoms with Crippen molar-refractivity contribution in [1.82, 2.24) is 9.97 Å². The molecule has 3 aromatic carbocycles. The van der Waals surface area contributed by atoms with Gasteiger partial charge in [0.25, 0.3) is 0 Å². The summed E-state index contributed by atoms with van der Waals surface area (Å²) in [5.41, 5.74) is 8.48. The number of pyridine rings is 2. The maximum Gasteiger partial charge on any atom is 0.120 e. The maximum absolute atomic E-state index is 6.37. The van der Waals surface area contributed by atoms with E-state index >= 15 is 0 Å². The van der Waals surface area contributed by atoms with Crippen molar-refractivity contribution in [3.8, 4) is 22.5 Å². The minimum Gasteiger partial charge on any atom is -0.501 e. The summed E-state index contributed by atoms with van der Waals surface area (Å²) in [6.07, 6.45) is 10.7. The standard InChI is InChI=1S/C26H28NOSi.C14H14N.Ir/c1-29(2,3)24-14-8-13-23-25(24)21-12-7-11-20(26(21)28-23)22-16-15-19(17-27-22)18-9-5-4-6-10-18;1-11(2)13-8-9-14(15-10-13)12-6-4-3-5-7-12;/h7-8,12-18H,4-6,9-10H2,1-3H3;3-6,8-11H,1-2H3;/q2*-1;. The predicted octanol–water partition coefficient (Wildman–Crippen LogP) is 10.7. The summed E-state index contributed by atoms with van der Waals surface area (Å²) in [6.45, 7) is 11.5. The summed E-state index contributed by atoms with van der Waals surface area (Å²) in [5.74, 6) is 1.21. The third-order valence-corrected chi connectivity index (χ3v) is 10.9. The Morgan fingerprint density at radius 2 is 1.56 bits per heavy atom. The van der Waals surface area contributed by atoms with Gasteiger partial charge in [0.2, 0.25) is 0 Å². The number of hydrogen-bond donors (Lipinski definition) is 0. The largest absolute Gasteiger partial charge is 0.501 e. The van der Waals surface area contributed by atoms with Crippen molar-refractivity contribution in [3.63, 3.8) is 0 Å². The minimum atomic E-state index is -1.49. The van der Waals surface area contributed by atoms with Crippen molar-refractivity contribution in [2.45, 2.75) is 77.4 Å². The van der Waals surface area contributed by atoms with Gasteiger partial charge in [-0.3, -0.25) is 0 Å². The van der Waals surface area contributed by atoms with E-state index < -0.39 is 8.07 Å². The first kappa shape index (κ1) is 33.0. The molecule has 0 spiro atoms. The van der Waals surface area contributed by atoms with Gasteiger partial charge in [0.15, 0.2) is 0 Å². The molecule has 0 atom stereocenters.